The van der Waals surface area contributed by atoms with Crippen molar-refractivity contribution in [3.05, 3.63) is 158 Å². The molecule has 0 aliphatic rings. The van der Waals surface area contributed by atoms with Gasteiger partial charge in [-0.3, -0.25) is 32.5 Å². The number of aliphatic hydroxyl groups is 2. The van der Waals surface area contributed by atoms with Crippen LogP contribution in [0, 0.1) is 0 Å². The first-order valence-corrected chi connectivity index (χ1v) is 42.8. The molecule has 0 fully saturated rings. The number of carbonyl (C=O) groups is 3. The van der Waals surface area contributed by atoms with E-state index in [0.29, 0.717) is 19.3 Å². The van der Waals surface area contributed by atoms with Gasteiger partial charge in [-0.2, -0.15) is 0 Å². The van der Waals surface area contributed by atoms with Gasteiger partial charge in [-0.1, -0.05) is 294 Å². The van der Waals surface area contributed by atoms with Gasteiger partial charge in [0.2, 0.25) is 0 Å². The van der Waals surface area contributed by atoms with Crippen LogP contribution in [0.4, 0.5) is 0 Å². The Balaban J connectivity index is 4.64. The van der Waals surface area contributed by atoms with E-state index in [9.17, 15) is 43.5 Å². The number of aliphatic hydroxyl groups excluding tert-OH is 2. The number of carbonyl (C=O) groups excluding carboxylic acids is 3. The fraction of sp³-hybridized carbons (Fsp3) is 0.659. The van der Waals surface area contributed by atoms with E-state index in [0.717, 1.165) is 199 Å². The summed E-state index contributed by atoms with van der Waals surface area (Å²) in [6, 6.07) is 0. The molecule has 0 aromatic carbocycles. The number of ether oxygens (including phenoxy) is 3. The van der Waals surface area contributed by atoms with Crippen LogP contribution in [0.15, 0.2) is 158 Å². The number of allylic oxidation sites excluding steroid dienone is 26. The molecule has 103 heavy (non-hydrogen) atoms. The first-order valence-electron chi connectivity index (χ1n) is 39.8. The Bertz CT molecular complexity index is 2500. The molecule has 0 bridgehead atoms. The van der Waals surface area contributed by atoms with Crippen LogP contribution in [-0.4, -0.2) is 95.9 Å². The summed E-state index contributed by atoms with van der Waals surface area (Å²) < 4.78 is 61.2. The molecule has 0 rings (SSSR count). The van der Waals surface area contributed by atoms with Crippen molar-refractivity contribution in [1.29, 1.82) is 0 Å². The van der Waals surface area contributed by atoms with E-state index in [1.54, 1.807) is 0 Å². The van der Waals surface area contributed by atoms with Gasteiger partial charge in [0.25, 0.3) is 0 Å². The number of esters is 3. The van der Waals surface area contributed by atoms with Crippen LogP contribution in [0.3, 0.4) is 0 Å². The maximum atomic E-state index is 13.0. The summed E-state index contributed by atoms with van der Waals surface area (Å²) in [7, 11) is -9.81. The molecule has 0 aliphatic heterocycles. The second-order valence-electron chi connectivity index (χ2n) is 26.1. The minimum absolute atomic E-state index is 0.0861. The summed E-state index contributed by atoms with van der Waals surface area (Å²) in [6.45, 7) is 2.40. The normalized spacial score (nSPS) is 14.8. The van der Waals surface area contributed by atoms with E-state index in [-0.39, 0.29) is 19.3 Å². The van der Waals surface area contributed by atoms with Gasteiger partial charge in [-0.05, 0) is 148 Å². The van der Waals surface area contributed by atoms with Crippen LogP contribution in [0.2, 0.25) is 0 Å². The van der Waals surface area contributed by atoms with Gasteiger partial charge in [0.1, 0.15) is 25.4 Å². The molecular formula is C85H142O16P2. The summed E-state index contributed by atoms with van der Waals surface area (Å²) in [4.78, 5) is 58.7. The first-order chi connectivity index (χ1) is 50.2. The van der Waals surface area contributed by atoms with Gasteiger partial charge >= 0.3 is 33.6 Å². The molecule has 0 amide bonds. The minimum atomic E-state index is -4.94. The van der Waals surface area contributed by atoms with Gasteiger partial charge < -0.3 is 34.2 Å². The van der Waals surface area contributed by atoms with Gasteiger partial charge in [-0.15, -0.1) is 0 Å². The Kier molecular flexibility index (Phi) is 73.2. The Hall–Kier alpha value is -4.83. The lowest BCUT2D eigenvalue weighted by Crippen LogP contribution is -2.30. The van der Waals surface area contributed by atoms with E-state index in [2.05, 4.69) is 179 Å². The van der Waals surface area contributed by atoms with Gasteiger partial charge in [-0.25, -0.2) is 9.13 Å². The molecule has 0 aromatic rings. The number of hydrogen-bond acceptors (Lipinski definition) is 14. The molecular weight excluding hydrogens is 1340 g/mol. The largest absolute Gasteiger partial charge is 0.472 e. The lowest BCUT2D eigenvalue weighted by atomic mass is 10.1. The highest BCUT2D eigenvalue weighted by atomic mass is 31.2. The maximum absolute atomic E-state index is 13.0. The smallest absolute Gasteiger partial charge is 0.463 e. The van der Waals surface area contributed by atoms with Crippen LogP contribution >= 0.6 is 15.6 Å². The lowest BCUT2D eigenvalue weighted by Gasteiger charge is -2.21. The lowest BCUT2D eigenvalue weighted by molar-refractivity contribution is -0.161. The average Bonchev–Trinajstić information content (AvgIpc) is 0.929. The van der Waals surface area contributed by atoms with Crippen molar-refractivity contribution in [2.75, 3.05) is 39.6 Å². The molecule has 4 N–H and O–H groups in total. The zero-order chi connectivity index (χ0) is 75.2. The summed E-state index contributed by atoms with van der Waals surface area (Å²) in [5.74, 6) is -1.61. The van der Waals surface area contributed by atoms with Crippen LogP contribution < -0.4 is 0 Å². The molecule has 0 saturated carbocycles. The van der Waals surface area contributed by atoms with Crippen molar-refractivity contribution in [2.24, 2.45) is 0 Å². The van der Waals surface area contributed by atoms with E-state index >= 15 is 0 Å². The van der Waals surface area contributed by atoms with Crippen molar-refractivity contribution < 1.29 is 75.8 Å². The third kappa shape index (κ3) is 78.1. The minimum Gasteiger partial charge on any atom is -0.463 e. The van der Waals surface area contributed by atoms with Gasteiger partial charge in [0.15, 0.2) is 6.10 Å². The predicted molar refractivity (Wildman–Crippen MR) is 426 cm³/mol. The predicted octanol–water partition coefficient (Wildman–Crippen LogP) is 23.4. The molecule has 0 heterocycles. The molecule has 0 aliphatic carbocycles. The SMILES string of the molecule is CC/C=C\C/C=C\C/C=C\C/C=C\C/C=C\C/C=C\CCCCCCCCCCC(=O)OCC(O)COP(=O)(O)OCC(O)COP(=O)(O)OCC(COC(=O)CCCCCCCCC/C=C\C/C=C\C/C=C\C/C=C\CCCCC)OC(=O)CCCCCCCCC/C=C\C/C=C\C/C=C\CC. The molecule has 16 nitrogen and oxygen atoms in total. The fourth-order valence-electron chi connectivity index (χ4n) is 10.2. The maximum Gasteiger partial charge on any atom is 0.472 e. The molecule has 588 valence electrons. The molecule has 0 radical (unpaired) electrons. The topological polar surface area (TPSA) is 231 Å². The van der Waals surface area contributed by atoms with Gasteiger partial charge in [0, 0.05) is 19.3 Å². The third-order valence-electron chi connectivity index (χ3n) is 16.2. The quantitative estimate of drug-likeness (QED) is 0.0146. The van der Waals surface area contributed by atoms with Crippen LogP contribution in [0.1, 0.15) is 303 Å². The van der Waals surface area contributed by atoms with E-state index in [4.69, 9.17) is 32.3 Å². The Morgan fingerprint density at radius 2 is 0.515 bits per heavy atom. The fourth-order valence-corrected chi connectivity index (χ4v) is 11.8. The highest BCUT2D eigenvalue weighted by molar-refractivity contribution is 7.47. The van der Waals surface area contributed by atoms with Gasteiger partial charge in [0.05, 0.1) is 26.4 Å². The molecule has 0 aromatic heterocycles. The summed E-state index contributed by atoms with van der Waals surface area (Å²) in [5.41, 5.74) is 0. The summed E-state index contributed by atoms with van der Waals surface area (Å²) >= 11 is 0. The van der Waals surface area contributed by atoms with Crippen molar-refractivity contribution in [1.82, 2.24) is 0 Å². The number of unbranched alkanes of at least 4 members (excludes halogenated alkanes) is 25. The van der Waals surface area contributed by atoms with E-state index in [1.807, 2.05) is 0 Å². The summed E-state index contributed by atoms with van der Waals surface area (Å²) in [5, 5.41) is 20.6. The molecule has 5 atom stereocenters. The second-order valence-corrected chi connectivity index (χ2v) is 29.0. The number of phosphoric ester groups is 2. The van der Waals surface area contributed by atoms with Crippen molar-refractivity contribution in [2.45, 2.75) is 322 Å². The van der Waals surface area contributed by atoms with E-state index < -0.39 is 91.5 Å². The average molecular weight is 1480 g/mol. The standard InChI is InChI=1S/C85H142O16P2/c1-4-7-10-13-16-19-22-25-28-31-33-35-37-38-39-40-42-44-45-48-50-53-56-59-62-65-68-71-83(88)95-74-80(86)75-97-102(91,92)98-76-81(87)77-99-103(93,94)100-79-82(101-85(90)73-70-67-64-61-58-55-52-47-30-27-24-21-18-15-12-9-6-3)78-96-84(89)72-69-66-63-60-57-54-51-49-46-43-41-36-34-32-29-26-23-20-17-14-11-8-5-2/h7,9-10,12,16-21,25-30,33-36,38-39,42-44,46,80-82,86-87H,4-6,8,11,13-15,22-24,31-32,37,40-41,45,47-79H2,1-3H3,(H,91,92)(H,93,94)/b10-7-,12-9-,19-16-,20-17-,21-18-,28-25-,29-26-,30-27-,35-33-,36-34-,39-38-,44-42-,46-43-. The Labute approximate surface area is 625 Å². The highest BCUT2D eigenvalue weighted by Crippen LogP contribution is 2.45. The van der Waals surface area contributed by atoms with Crippen LogP contribution in [0.5, 0.6) is 0 Å². The molecule has 18 heteroatoms. The van der Waals surface area contributed by atoms with Crippen LogP contribution in [-0.2, 0) is 55.8 Å². The van der Waals surface area contributed by atoms with Crippen LogP contribution in [0.25, 0.3) is 0 Å². The number of rotatable bonds is 74. The second kappa shape index (κ2) is 76.8. The first kappa shape index (κ1) is 98.2. The van der Waals surface area contributed by atoms with Crippen molar-refractivity contribution >= 4 is 33.6 Å². The Morgan fingerprint density at radius 3 is 0.816 bits per heavy atom. The zero-order valence-corrected chi connectivity index (χ0v) is 66.0. The monoisotopic (exact) mass is 1480 g/mol. The third-order valence-corrected chi connectivity index (χ3v) is 18.1. The van der Waals surface area contributed by atoms with Crippen molar-refractivity contribution in [3.8, 4) is 0 Å². The molecule has 5 unspecified atom stereocenters. The Morgan fingerprint density at radius 1 is 0.282 bits per heavy atom. The molecule has 0 spiro atoms. The number of phosphoric acid groups is 2. The zero-order valence-electron chi connectivity index (χ0n) is 64.2. The van der Waals surface area contributed by atoms with E-state index in [1.165, 1.54) is 44.9 Å². The molecule has 0 saturated heterocycles. The number of hydrogen-bond donors (Lipinski definition) is 4. The summed E-state index contributed by atoms with van der Waals surface area (Å²) in [6.07, 6.45) is 95.6. The van der Waals surface area contributed by atoms with Crippen molar-refractivity contribution in [3.63, 3.8) is 0 Å². The highest BCUT2D eigenvalue weighted by Gasteiger charge is 2.29.